The highest BCUT2D eigenvalue weighted by molar-refractivity contribution is 5.97. The molecule has 1 unspecified atom stereocenters. The number of aromatic nitrogens is 2. The SMILES string of the molecule is COc1ccc(C2CCCN2C(=O)c2ccc3nc(C)c(C)nc3c2)cc1OC. The van der Waals surface area contributed by atoms with E-state index >= 15 is 0 Å². The summed E-state index contributed by atoms with van der Waals surface area (Å²) < 4.78 is 10.8. The summed E-state index contributed by atoms with van der Waals surface area (Å²) in [6.07, 6.45) is 1.89. The van der Waals surface area contributed by atoms with Crippen LogP contribution >= 0.6 is 0 Å². The molecule has 2 heterocycles. The van der Waals surface area contributed by atoms with Gasteiger partial charge in [0.1, 0.15) is 0 Å². The van der Waals surface area contributed by atoms with Gasteiger partial charge in [-0.15, -0.1) is 0 Å². The molecule has 0 aliphatic carbocycles. The van der Waals surface area contributed by atoms with Crippen molar-refractivity contribution in [3.63, 3.8) is 0 Å². The summed E-state index contributed by atoms with van der Waals surface area (Å²) >= 11 is 0. The van der Waals surface area contributed by atoms with Crippen LogP contribution in [0.5, 0.6) is 11.5 Å². The Balaban J connectivity index is 1.66. The lowest BCUT2D eigenvalue weighted by Gasteiger charge is -2.26. The zero-order chi connectivity index (χ0) is 20.5. The highest BCUT2D eigenvalue weighted by Gasteiger charge is 2.31. The van der Waals surface area contributed by atoms with E-state index in [0.717, 1.165) is 47.4 Å². The topological polar surface area (TPSA) is 64.5 Å². The van der Waals surface area contributed by atoms with Crippen LogP contribution in [0.2, 0.25) is 0 Å². The van der Waals surface area contributed by atoms with E-state index in [1.54, 1.807) is 14.2 Å². The minimum absolute atomic E-state index is 0.0174. The van der Waals surface area contributed by atoms with Gasteiger partial charge in [0.2, 0.25) is 0 Å². The maximum absolute atomic E-state index is 13.3. The van der Waals surface area contributed by atoms with Crippen molar-refractivity contribution in [3.05, 3.63) is 58.9 Å². The van der Waals surface area contributed by atoms with E-state index in [4.69, 9.17) is 9.47 Å². The fourth-order valence-corrected chi connectivity index (χ4v) is 3.95. The summed E-state index contributed by atoms with van der Waals surface area (Å²) in [7, 11) is 3.24. The molecule has 4 rings (SSSR count). The molecule has 2 aromatic carbocycles. The van der Waals surface area contributed by atoms with E-state index in [-0.39, 0.29) is 11.9 Å². The molecule has 1 amide bonds. The molecule has 1 fully saturated rings. The van der Waals surface area contributed by atoms with Crippen LogP contribution in [0.1, 0.15) is 46.2 Å². The number of methoxy groups -OCH3 is 2. The van der Waals surface area contributed by atoms with Crippen molar-refractivity contribution in [2.75, 3.05) is 20.8 Å². The van der Waals surface area contributed by atoms with Gasteiger partial charge in [0.05, 0.1) is 42.7 Å². The van der Waals surface area contributed by atoms with Crippen LogP contribution < -0.4 is 9.47 Å². The van der Waals surface area contributed by atoms with Crippen molar-refractivity contribution >= 4 is 16.9 Å². The molecule has 0 saturated carbocycles. The van der Waals surface area contributed by atoms with E-state index in [0.29, 0.717) is 17.1 Å². The molecule has 29 heavy (non-hydrogen) atoms. The molecule has 0 bridgehead atoms. The second-order valence-electron chi connectivity index (χ2n) is 7.37. The van der Waals surface area contributed by atoms with Gasteiger partial charge in [-0.2, -0.15) is 0 Å². The Kier molecular flexibility index (Phi) is 5.09. The Morgan fingerprint density at radius 3 is 2.41 bits per heavy atom. The largest absolute Gasteiger partial charge is 0.493 e. The zero-order valence-corrected chi connectivity index (χ0v) is 17.2. The van der Waals surface area contributed by atoms with E-state index in [9.17, 15) is 4.79 Å². The van der Waals surface area contributed by atoms with Gasteiger partial charge in [0, 0.05) is 12.1 Å². The second-order valence-corrected chi connectivity index (χ2v) is 7.37. The van der Waals surface area contributed by atoms with Crippen LogP contribution in [0.3, 0.4) is 0 Å². The summed E-state index contributed by atoms with van der Waals surface area (Å²) in [5, 5.41) is 0. The minimum atomic E-state index is 0.0174. The first kappa shape index (κ1) is 19.2. The standard InChI is InChI=1S/C23H25N3O3/c1-14-15(2)25-19-12-17(7-9-18(19)24-14)23(27)26-11-5-6-20(26)16-8-10-21(28-3)22(13-16)29-4/h7-10,12-13,20H,5-6,11H2,1-4H3. The second kappa shape index (κ2) is 7.70. The number of hydrogen-bond acceptors (Lipinski definition) is 5. The van der Waals surface area contributed by atoms with Crippen molar-refractivity contribution in [1.29, 1.82) is 0 Å². The molecule has 150 valence electrons. The maximum Gasteiger partial charge on any atom is 0.254 e. The van der Waals surface area contributed by atoms with Crippen molar-refractivity contribution in [1.82, 2.24) is 14.9 Å². The summed E-state index contributed by atoms with van der Waals surface area (Å²) in [6.45, 7) is 4.61. The first-order valence-electron chi connectivity index (χ1n) is 9.79. The third kappa shape index (κ3) is 3.50. The number of rotatable bonds is 4. The molecular weight excluding hydrogens is 366 g/mol. The first-order chi connectivity index (χ1) is 14.0. The molecule has 6 heteroatoms. The van der Waals surface area contributed by atoms with Gasteiger partial charge in [0.15, 0.2) is 11.5 Å². The number of aryl methyl sites for hydroxylation is 2. The number of benzene rings is 2. The lowest BCUT2D eigenvalue weighted by molar-refractivity contribution is 0.0735. The quantitative estimate of drug-likeness (QED) is 0.666. The lowest BCUT2D eigenvalue weighted by Crippen LogP contribution is -2.30. The van der Waals surface area contributed by atoms with Crippen LogP contribution in [-0.4, -0.2) is 41.5 Å². The normalized spacial score (nSPS) is 16.3. The Morgan fingerprint density at radius 2 is 1.69 bits per heavy atom. The van der Waals surface area contributed by atoms with Crippen LogP contribution in [0.25, 0.3) is 11.0 Å². The lowest BCUT2D eigenvalue weighted by atomic mass is 10.0. The van der Waals surface area contributed by atoms with Gasteiger partial charge in [-0.25, -0.2) is 9.97 Å². The van der Waals surface area contributed by atoms with Gasteiger partial charge in [0.25, 0.3) is 5.91 Å². The summed E-state index contributed by atoms with van der Waals surface area (Å²) in [4.78, 5) is 24.4. The van der Waals surface area contributed by atoms with Crippen LogP contribution in [0, 0.1) is 13.8 Å². The Bertz CT molecular complexity index is 1080. The minimum Gasteiger partial charge on any atom is -0.493 e. The molecule has 0 spiro atoms. The highest BCUT2D eigenvalue weighted by atomic mass is 16.5. The van der Waals surface area contributed by atoms with E-state index in [1.807, 2.05) is 55.1 Å². The predicted octanol–water partition coefficient (Wildman–Crippen LogP) is 4.24. The molecule has 1 atom stereocenters. The molecule has 6 nitrogen and oxygen atoms in total. The smallest absolute Gasteiger partial charge is 0.254 e. The zero-order valence-electron chi connectivity index (χ0n) is 17.2. The van der Waals surface area contributed by atoms with Crippen LogP contribution in [0.4, 0.5) is 0 Å². The highest BCUT2D eigenvalue weighted by Crippen LogP contribution is 2.37. The number of fused-ring (bicyclic) bond motifs is 1. The van der Waals surface area contributed by atoms with Crippen molar-refractivity contribution < 1.29 is 14.3 Å². The number of ether oxygens (including phenoxy) is 2. The Hall–Kier alpha value is -3.15. The summed E-state index contributed by atoms with van der Waals surface area (Å²) in [5.41, 5.74) is 5.04. The van der Waals surface area contributed by atoms with Crippen LogP contribution in [-0.2, 0) is 0 Å². The third-order valence-corrected chi connectivity index (χ3v) is 5.63. The number of carbonyl (C=O) groups excluding carboxylic acids is 1. The summed E-state index contributed by atoms with van der Waals surface area (Å²) in [6, 6.07) is 11.5. The third-order valence-electron chi connectivity index (χ3n) is 5.63. The maximum atomic E-state index is 13.3. The van der Waals surface area contributed by atoms with Gasteiger partial charge in [-0.05, 0) is 62.6 Å². The van der Waals surface area contributed by atoms with Crippen molar-refractivity contribution in [2.45, 2.75) is 32.7 Å². The number of amides is 1. The number of likely N-dealkylation sites (tertiary alicyclic amines) is 1. The Morgan fingerprint density at radius 1 is 0.966 bits per heavy atom. The van der Waals surface area contributed by atoms with E-state index in [2.05, 4.69) is 9.97 Å². The molecule has 1 saturated heterocycles. The fourth-order valence-electron chi connectivity index (χ4n) is 3.95. The molecule has 3 aromatic rings. The average Bonchev–Trinajstić information content (AvgIpc) is 3.23. The molecule has 1 aliphatic rings. The molecule has 1 aromatic heterocycles. The van der Waals surface area contributed by atoms with Crippen LogP contribution in [0.15, 0.2) is 36.4 Å². The van der Waals surface area contributed by atoms with Gasteiger partial charge >= 0.3 is 0 Å². The average molecular weight is 391 g/mol. The number of nitrogens with zero attached hydrogens (tertiary/aromatic N) is 3. The molecular formula is C23H25N3O3. The van der Waals surface area contributed by atoms with E-state index < -0.39 is 0 Å². The number of carbonyl (C=O) groups is 1. The van der Waals surface area contributed by atoms with Gasteiger partial charge in [-0.1, -0.05) is 6.07 Å². The summed E-state index contributed by atoms with van der Waals surface area (Å²) in [5.74, 6) is 1.38. The fraction of sp³-hybridized carbons (Fsp3) is 0.348. The molecule has 0 N–H and O–H groups in total. The Labute approximate surface area is 170 Å². The predicted molar refractivity (Wildman–Crippen MR) is 112 cm³/mol. The van der Waals surface area contributed by atoms with Gasteiger partial charge in [-0.3, -0.25) is 4.79 Å². The monoisotopic (exact) mass is 391 g/mol. The molecule has 0 radical (unpaired) electrons. The molecule has 1 aliphatic heterocycles. The van der Waals surface area contributed by atoms with Crippen molar-refractivity contribution in [2.24, 2.45) is 0 Å². The van der Waals surface area contributed by atoms with Crippen molar-refractivity contribution in [3.8, 4) is 11.5 Å². The first-order valence-corrected chi connectivity index (χ1v) is 9.79. The number of hydrogen-bond donors (Lipinski definition) is 0. The van der Waals surface area contributed by atoms with E-state index in [1.165, 1.54) is 0 Å². The van der Waals surface area contributed by atoms with Gasteiger partial charge < -0.3 is 14.4 Å².